The van der Waals surface area contributed by atoms with Gasteiger partial charge in [-0.25, -0.2) is 0 Å². The van der Waals surface area contributed by atoms with Gasteiger partial charge in [0.15, 0.2) is 0 Å². The van der Waals surface area contributed by atoms with Crippen molar-refractivity contribution in [2.45, 2.75) is 10.8 Å². The van der Waals surface area contributed by atoms with E-state index < -0.39 is 37.1 Å². The van der Waals surface area contributed by atoms with Crippen LogP contribution in [-0.2, 0) is 14.3 Å². The second-order valence-corrected chi connectivity index (χ2v) is 5.97. The van der Waals surface area contributed by atoms with E-state index in [0.29, 0.717) is 0 Å². The molecular weight excluding hydrogens is 323 g/mol. The Hall–Kier alpha value is -1.11. The molecule has 1 N–H and O–H groups in total. The van der Waals surface area contributed by atoms with Gasteiger partial charge in [0.25, 0.3) is 0 Å². The molecule has 1 atom stereocenters. The van der Waals surface area contributed by atoms with Crippen LogP contribution in [0, 0.1) is 3.57 Å². The third kappa shape index (κ3) is 3.80. The molecule has 1 aromatic carbocycles. The summed E-state index contributed by atoms with van der Waals surface area (Å²) in [6, 6.07) is 9.19. The summed E-state index contributed by atoms with van der Waals surface area (Å²) in [4.78, 5) is 22.4. The molecule has 4 nitrogen and oxygen atoms in total. The zero-order valence-electron chi connectivity index (χ0n) is 8.72. The minimum absolute atomic E-state index is 0.209. The third-order valence-corrected chi connectivity index (χ3v) is 4.78. The Kier molecular flexibility index (Phi) is 5.24. The van der Waals surface area contributed by atoms with E-state index in [1.54, 1.807) is 6.92 Å². The molecular formula is C11H12IO4-. The van der Waals surface area contributed by atoms with Gasteiger partial charge in [0.2, 0.25) is 0 Å². The van der Waals surface area contributed by atoms with Crippen LogP contribution < -0.4 is 21.2 Å². The molecule has 1 aromatic rings. The molecule has 16 heavy (non-hydrogen) atoms. The molecule has 0 aliphatic rings. The van der Waals surface area contributed by atoms with Crippen LogP contribution in [0.15, 0.2) is 30.3 Å². The van der Waals surface area contributed by atoms with Crippen molar-refractivity contribution in [2.75, 3.05) is 6.61 Å². The number of carbonyl (C=O) groups is 2. The summed E-state index contributed by atoms with van der Waals surface area (Å²) in [5.74, 6) is -1.73. The van der Waals surface area contributed by atoms with Crippen LogP contribution in [0.5, 0.6) is 0 Å². The number of hydrogen-bond acceptors (Lipinski definition) is 3. The zero-order valence-corrected chi connectivity index (χ0v) is 10.9. The molecule has 88 valence electrons. The average molecular weight is 335 g/mol. The third-order valence-electron chi connectivity index (χ3n) is 1.68. The number of esters is 1. The maximum atomic E-state index is 11.4. The fourth-order valence-electron chi connectivity index (χ4n) is 1.02. The summed E-state index contributed by atoms with van der Waals surface area (Å²) < 4.78 is 4.65. The molecule has 0 aliphatic heterocycles. The summed E-state index contributed by atoms with van der Waals surface area (Å²) in [6.07, 6.45) is 0. The quantitative estimate of drug-likeness (QED) is 0.292. The Labute approximate surface area is 104 Å². The van der Waals surface area contributed by atoms with Gasteiger partial charge in [-0.2, -0.15) is 0 Å². The first-order valence-electron chi connectivity index (χ1n) is 4.73. The number of carbonyl (C=O) groups excluding carboxylic acids is 1. The van der Waals surface area contributed by atoms with Gasteiger partial charge in [-0.3, -0.25) is 0 Å². The van der Waals surface area contributed by atoms with Crippen LogP contribution in [0.2, 0.25) is 0 Å². The average Bonchev–Trinajstić information content (AvgIpc) is 2.27. The summed E-state index contributed by atoms with van der Waals surface area (Å²) in [5.41, 5.74) is 0. The van der Waals surface area contributed by atoms with Gasteiger partial charge >= 0.3 is 104 Å². The van der Waals surface area contributed by atoms with E-state index in [1.807, 2.05) is 30.3 Å². The van der Waals surface area contributed by atoms with Crippen LogP contribution in [0.4, 0.5) is 0 Å². The Morgan fingerprint density at radius 2 is 2.00 bits per heavy atom. The SMILES string of the molecule is CCOC(=O)C([I-]c1ccccc1)C(=O)O. The molecule has 0 spiro atoms. The van der Waals surface area contributed by atoms with Gasteiger partial charge in [0, 0.05) is 0 Å². The second kappa shape index (κ2) is 6.47. The van der Waals surface area contributed by atoms with E-state index in [0.717, 1.165) is 3.57 Å². The number of hydrogen-bond donors (Lipinski definition) is 1. The standard InChI is InChI=1S/C11H12IO4/c1-2-16-11(15)9(10(13)14)12-8-6-4-3-5-7-8/h3-7,9H,2H2,1H3,(H,13,14)/q-1. The molecule has 1 unspecified atom stereocenters. The van der Waals surface area contributed by atoms with Gasteiger partial charge in [-0.15, -0.1) is 0 Å². The van der Waals surface area contributed by atoms with Crippen LogP contribution >= 0.6 is 0 Å². The number of carboxylic acid groups (broad SMARTS) is 1. The Morgan fingerprint density at radius 3 is 2.50 bits per heavy atom. The number of halogens is 1. The van der Waals surface area contributed by atoms with Crippen LogP contribution in [0.3, 0.4) is 0 Å². The monoisotopic (exact) mass is 335 g/mol. The fourth-order valence-corrected chi connectivity index (χ4v) is 3.27. The molecule has 0 heterocycles. The van der Waals surface area contributed by atoms with E-state index in [9.17, 15) is 9.59 Å². The van der Waals surface area contributed by atoms with Crippen molar-refractivity contribution in [3.8, 4) is 0 Å². The summed E-state index contributed by atoms with van der Waals surface area (Å²) >= 11 is -0.906. The predicted octanol–water partition coefficient (Wildman–Crippen LogP) is -2.04. The van der Waals surface area contributed by atoms with Gasteiger partial charge in [0.05, 0.1) is 0 Å². The van der Waals surface area contributed by atoms with E-state index in [2.05, 4.69) is 0 Å². The minimum atomic E-state index is -1.10. The zero-order chi connectivity index (χ0) is 12.0. The van der Waals surface area contributed by atoms with Gasteiger partial charge < -0.3 is 0 Å². The molecule has 0 saturated heterocycles. The van der Waals surface area contributed by atoms with Crippen molar-refractivity contribution in [3.05, 3.63) is 33.9 Å². The Bertz CT molecular complexity index is 364. The van der Waals surface area contributed by atoms with Crippen molar-refractivity contribution in [3.63, 3.8) is 0 Å². The first-order chi connectivity index (χ1) is 7.65. The summed E-state index contributed by atoms with van der Waals surface area (Å²) in [5, 5.41) is 8.96. The van der Waals surface area contributed by atoms with Crippen molar-refractivity contribution in [1.29, 1.82) is 0 Å². The summed E-state index contributed by atoms with van der Waals surface area (Å²) in [6.45, 7) is 1.87. The molecule has 5 heteroatoms. The second-order valence-electron chi connectivity index (χ2n) is 2.86. The number of alkyl halides is 1. The van der Waals surface area contributed by atoms with E-state index in [1.165, 1.54) is 0 Å². The number of carboxylic acids is 1. The van der Waals surface area contributed by atoms with Crippen LogP contribution in [-0.4, -0.2) is 27.6 Å². The Morgan fingerprint density at radius 1 is 1.38 bits per heavy atom. The van der Waals surface area contributed by atoms with E-state index in [4.69, 9.17) is 9.84 Å². The first-order valence-corrected chi connectivity index (χ1v) is 7.05. The van der Waals surface area contributed by atoms with Crippen LogP contribution in [0.25, 0.3) is 0 Å². The molecule has 0 fully saturated rings. The normalized spacial score (nSPS) is 12.1. The molecule has 0 saturated carbocycles. The number of aliphatic carboxylic acids is 1. The summed E-state index contributed by atoms with van der Waals surface area (Å²) in [7, 11) is 0. The molecule has 0 amide bonds. The van der Waals surface area contributed by atoms with Crippen molar-refractivity contribution < 1.29 is 40.6 Å². The number of benzene rings is 1. The first kappa shape index (κ1) is 13.0. The molecule has 0 bridgehead atoms. The van der Waals surface area contributed by atoms with E-state index in [-0.39, 0.29) is 6.61 Å². The fraction of sp³-hybridized carbons (Fsp3) is 0.273. The topological polar surface area (TPSA) is 63.6 Å². The van der Waals surface area contributed by atoms with Crippen molar-refractivity contribution in [2.24, 2.45) is 0 Å². The van der Waals surface area contributed by atoms with E-state index >= 15 is 0 Å². The molecule has 0 aliphatic carbocycles. The number of ether oxygens (including phenoxy) is 1. The molecule has 1 rings (SSSR count). The number of rotatable bonds is 5. The van der Waals surface area contributed by atoms with Gasteiger partial charge in [-0.05, 0) is 0 Å². The van der Waals surface area contributed by atoms with Gasteiger partial charge in [0.1, 0.15) is 0 Å². The molecule has 0 aromatic heterocycles. The molecule has 0 radical (unpaired) electrons. The maximum absolute atomic E-state index is 11.4. The Balaban J connectivity index is 2.73. The van der Waals surface area contributed by atoms with Gasteiger partial charge in [-0.1, -0.05) is 0 Å². The van der Waals surface area contributed by atoms with Crippen molar-refractivity contribution >= 4 is 11.9 Å². The van der Waals surface area contributed by atoms with Crippen molar-refractivity contribution in [1.82, 2.24) is 0 Å². The predicted molar refractivity (Wildman–Crippen MR) is 53.2 cm³/mol. The van der Waals surface area contributed by atoms with Crippen LogP contribution in [0.1, 0.15) is 6.92 Å².